The Morgan fingerprint density at radius 2 is 0.867 bits per heavy atom. The van der Waals surface area contributed by atoms with Crippen molar-refractivity contribution >= 4 is 11.8 Å². The first kappa shape index (κ1) is 38.0. The minimum Gasteiger partial charge on any atom is -0.490 e. The number of nitrogens with one attached hydrogen (secondary N) is 2. The van der Waals surface area contributed by atoms with Crippen LogP contribution in [0.15, 0.2) is 42.5 Å². The van der Waals surface area contributed by atoms with Gasteiger partial charge in [0.25, 0.3) is 11.8 Å². The van der Waals surface area contributed by atoms with Gasteiger partial charge in [-0.2, -0.15) is 0 Å². The molecule has 2 rings (SSSR count). The minimum atomic E-state index is -0.449. The molecule has 2 aromatic carbocycles. The summed E-state index contributed by atoms with van der Waals surface area (Å²) in [7, 11) is 0. The highest BCUT2D eigenvalue weighted by Gasteiger charge is 2.20. The van der Waals surface area contributed by atoms with Crippen LogP contribution >= 0.6 is 0 Å². The van der Waals surface area contributed by atoms with E-state index in [0.717, 1.165) is 38.5 Å². The first-order valence-corrected chi connectivity index (χ1v) is 17.8. The molecular formula is C38H60N2O5. The van der Waals surface area contributed by atoms with Gasteiger partial charge in [0.1, 0.15) is 0 Å². The number of amides is 2. The van der Waals surface area contributed by atoms with Crippen molar-refractivity contribution in [3.05, 3.63) is 53.6 Å². The molecular weight excluding hydrogens is 564 g/mol. The van der Waals surface area contributed by atoms with Crippen molar-refractivity contribution in [1.82, 2.24) is 10.9 Å². The number of hydrogen-bond donors (Lipinski definition) is 2. The third-order valence-electron chi connectivity index (χ3n) is 7.86. The molecule has 2 amide bonds. The maximum absolute atomic E-state index is 13.3. The lowest BCUT2D eigenvalue weighted by atomic mass is 10.1. The third kappa shape index (κ3) is 16.6. The summed E-state index contributed by atoms with van der Waals surface area (Å²) >= 11 is 0. The molecule has 0 saturated carbocycles. The van der Waals surface area contributed by atoms with Crippen LogP contribution in [0.2, 0.25) is 0 Å². The Morgan fingerprint density at radius 1 is 0.489 bits per heavy atom. The largest absolute Gasteiger partial charge is 0.490 e. The summed E-state index contributed by atoms with van der Waals surface area (Å²) in [5.74, 6) is 0.743. The highest BCUT2D eigenvalue weighted by Crippen LogP contribution is 2.39. The van der Waals surface area contributed by atoms with Gasteiger partial charge in [0.15, 0.2) is 11.5 Å². The van der Waals surface area contributed by atoms with Crippen molar-refractivity contribution in [2.45, 2.75) is 136 Å². The van der Waals surface area contributed by atoms with Crippen LogP contribution in [0.4, 0.5) is 0 Å². The van der Waals surface area contributed by atoms with E-state index in [-0.39, 0.29) is 5.91 Å². The summed E-state index contributed by atoms with van der Waals surface area (Å²) < 4.78 is 18.9. The van der Waals surface area contributed by atoms with Crippen LogP contribution in [-0.2, 0) is 0 Å². The van der Waals surface area contributed by atoms with Crippen LogP contribution in [0.1, 0.15) is 157 Å². The summed E-state index contributed by atoms with van der Waals surface area (Å²) in [6.07, 6.45) is 20.9. The fourth-order valence-electron chi connectivity index (χ4n) is 5.10. The van der Waals surface area contributed by atoms with Gasteiger partial charge in [-0.25, -0.2) is 0 Å². The summed E-state index contributed by atoms with van der Waals surface area (Å²) in [5.41, 5.74) is 5.86. The molecule has 0 aliphatic carbocycles. The van der Waals surface area contributed by atoms with Crippen molar-refractivity contribution < 1.29 is 23.8 Å². The smallest absolute Gasteiger partial charge is 0.269 e. The molecule has 0 unspecified atom stereocenters. The van der Waals surface area contributed by atoms with Crippen molar-refractivity contribution in [2.24, 2.45) is 0 Å². The van der Waals surface area contributed by atoms with E-state index in [9.17, 15) is 9.59 Å². The summed E-state index contributed by atoms with van der Waals surface area (Å²) in [5, 5.41) is 0. The Hall–Kier alpha value is -3.22. The molecule has 0 aliphatic heterocycles. The first-order chi connectivity index (χ1) is 22.1. The van der Waals surface area contributed by atoms with Crippen molar-refractivity contribution in [1.29, 1.82) is 0 Å². The van der Waals surface area contributed by atoms with Gasteiger partial charge in [0.05, 0.1) is 19.8 Å². The van der Waals surface area contributed by atoms with E-state index >= 15 is 0 Å². The Labute approximate surface area is 273 Å². The van der Waals surface area contributed by atoms with Gasteiger partial charge in [-0.3, -0.25) is 20.4 Å². The van der Waals surface area contributed by atoms with Crippen LogP contribution in [0.3, 0.4) is 0 Å². The molecule has 45 heavy (non-hydrogen) atoms. The topological polar surface area (TPSA) is 85.9 Å². The van der Waals surface area contributed by atoms with Crippen LogP contribution in [-0.4, -0.2) is 31.6 Å². The predicted octanol–water partition coefficient (Wildman–Crippen LogP) is 9.98. The van der Waals surface area contributed by atoms with Gasteiger partial charge in [-0.15, -0.1) is 0 Å². The van der Waals surface area contributed by atoms with E-state index in [4.69, 9.17) is 14.2 Å². The number of carbonyl (C=O) groups is 2. The average molecular weight is 625 g/mol. The zero-order chi connectivity index (χ0) is 32.4. The summed E-state index contributed by atoms with van der Waals surface area (Å²) in [4.78, 5) is 25.8. The van der Waals surface area contributed by atoms with Gasteiger partial charge in [0.2, 0.25) is 5.75 Å². The van der Waals surface area contributed by atoms with E-state index < -0.39 is 5.91 Å². The number of hydrazine groups is 1. The maximum atomic E-state index is 13.3. The third-order valence-corrected chi connectivity index (χ3v) is 7.86. The zero-order valence-corrected chi connectivity index (χ0v) is 28.4. The molecule has 0 atom stereocenters. The summed E-state index contributed by atoms with van der Waals surface area (Å²) in [6, 6.07) is 12.2. The molecule has 0 aliphatic rings. The first-order valence-electron chi connectivity index (χ1n) is 17.8. The highest BCUT2D eigenvalue weighted by molar-refractivity contribution is 5.99. The molecule has 0 radical (unpaired) electrons. The second-order valence-corrected chi connectivity index (χ2v) is 11.9. The molecule has 0 fully saturated rings. The minimum absolute atomic E-state index is 0.339. The van der Waals surface area contributed by atoms with Gasteiger partial charge in [-0.1, -0.05) is 135 Å². The van der Waals surface area contributed by atoms with Crippen LogP contribution in [0, 0.1) is 0 Å². The van der Waals surface area contributed by atoms with Crippen LogP contribution in [0.5, 0.6) is 17.2 Å². The molecule has 7 nitrogen and oxygen atoms in total. The lowest BCUT2D eigenvalue weighted by molar-refractivity contribution is 0.0846. The molecule has 252 valence electrons. The fourth-order valence-corrected chi connectivity index (χ4v) is 5.10. The van der Waals surface area contributed by atoms with Gasteiger partial charge in [-0.05, 0) is 43.5 Å². The Kier molecular flexibility index (Phi) is 21.1. The second-order valence-electron chi connectivity index (χ2n) is 11.9. The van der Waals surface area contributed by atoms with Crippen LogP contribution in [0.25, 0.3) is 0 Å². The fraction of sp³-hybridized carbons (Fsp3) is 0.632. The zero-order valence-electron chi connectivity index (χ0n) is 28.4. The lowest BCUT2D eigenvalue weighted by Crippen LogP contribution is -2.41. The average Bonchev–Trinajstić information content (AvgIpc) is 3.06. The molecule has 0 spiro atoms. The van der Waals surface area contributed by atoms with E-state index in [0.29, 0.717) is 48.2 Å². The molecule has 0 aromatic heterocycles. The number of benzene rings is 2. The quantitative estimate of drug-likeness (QED) is 0.0804. The van der Waals surface area contributed by atoms with Gasteiger partial charge in [0, 0.05) is 11.1 Å². The van der Waals surface area contributed by atoms with E-state index in [2.05, 4.69) is 31.6 Å². The highest BCUT2D eigenvalue weighted by atomic mass is 16.5. The Morgan fingerprint density at radius 3 is 1.31 bits per heavy atom. The molecule has 2 aromatic rings. The molecule has 0 bridgehead atoms. The maximum Gasteiger partial charge on any atom is 0.269 e. The standard InChI is InChI=1S/C38H60N2O5/c1-4-7-10-13-16-22-27-43-34-30-33(38(42)40-39-37(41)32-25-20-19-21-26-32)31-35(44-28-23-17-14-11-8-5-2)36(34)45-29-24-18-15-12-9-6-3/h19-21,25-26,30-31H,4-18,22-24,27-29H2,1-3H3,(H,39,41)(H,40,42). The van der Waals surface area contributed by atoms with Crippen molar-refractivity contribution in [3.63, 3.8) is 0 Å². The van der Waals surface area contributed by atoms with Crippen LogP contribution < -0.4 is 25.1 Å². The van der Waals surface area contributed by atoms with Crippen molar-refractivity contribution in [2.75, 3.05) is 19.8 Å². The van der Waals surface area contributed by atoms with E-state index in [1.165, 1.54) is 77.0 Å². The molecule has 2 N–H and O–H groups in total. The van der Waals surface area contributed by atoms with Crippen molar-refractivity contribution in [3.8, 4) is 17.2 Å². The van der Waals surface area contributed by atoms with Gasteiger partial charge >= 0.3 is 0 Å². The normalized spacial score (nSPS) is 10.8. The molecule has 0 heterocycles. The predicted molar refractivity (Wildman–Crippen MR) is 184 cm³/mol. The number of carbonyl (C=O) groups excluding carboxylic acids is 2. The van der Waals surface area contributed by atoms with E-state index in [1.807, 2.05) is 6.07 Å². The SMILES string of the molecule is CCCCCCCCOc1cc(C(=O)NNC(=O)c2ccccc2)cc(OCCCCCCCC)c1OCCCCCCCC. The Balaban J connectivity index is 2.17. The summed E-state index contributed by atoms with van der Waals surface area (Å²) in [6.45, 7) is 8.30. The number of hydrogen-bond acceptors (Lipinski definition) is 5. The lowest BCUT2D eigenvalue weighted by Gasteiger charge is -2.19. The number of unbranched alkanes of at least 4 members (excludes halogenated alkanes) is 15. The van der Waals surface area contributed by atoms with Gasteiger partial charge < -0.3 is 14.2 Å². The Bertz CT molecular complexity index is 1020. The second kappa shape index (κ2) is 25.0. The molecule has 7 heteroatoms. The number of rotatable bonds is 26. The molecule has 0 saturated heterocycles. The number of ether oxygens (including phenoxy) is 3. The van der Waals surface area contributed by atoms with E-state index in [1.54, 1.807) is 36.4 Å². The monoisotopic (exact) mass is 624 g/mol.